The van der Waals surface area contributed by atoms with E-state index >= 15 is 0 Å². The molecule has 1 aliphatic rings. The fourth-order valence-electron chi connectivity index (χ4n) is 3.26. The number of benzene rings is 1. The van der Waals surface area contributed by atoms with Crippen LogP contribution in [0.25, 0.3) is 11.1 Å². The number of rotatable bonds is 6. The fourth-order valence-corrected chi connectivity index (χ4v) is 4.32. The summed E-state index contributed by atoms with van der Waals surface area (Å²) in [6.07, 6.45) is 0. The molecule has 1 aliphatic heterocycles. The van der Waals surface area contributed by atoms with Crippen molar-refractivity contribution in [2.24, 2.45) is 13.0 Å². The molecular formula is C17H25N3O5S. The van der Waals surface area contributed by atoms with Crippen LogP contribution < -0.4 is 10.5 Å². The molecule has 0 saturated carbocycles. The molecule has 0 bridgehead atoms. The summed E-state index contributed by atoms with van der Waals surface area (Å²) in [5.74, 6) is -0.222. The second kappa shape index (κ2) is 7.51. The number of hydrogen-bond donors (Lipinski definition) is 1. The predicted octanol–water partition coefficient (Wildman–Crippen LogP) is 0.767. The first-order valence-electron chi connectivity index (χ1n) is 8.70. The first-order chi connectivity index (χ1) is 12.3. The van der Waals surface area contributed by atoms with Crippen LogP contribution in [0.15, 0.2) is 32.3 Å². The molecule has 3 rings (SSSR count). The zero-order valence-electron chi connectivity index (χ0n) is 15.3. The summed E-state index contributed by atoms with van der Waals surface area (Å²) in [5, 5.41) is 0. The highest BCUT2D eigenvalue weighted by Gasteiger charge is 2.26. The van der Waals surface area contributed by atoms with Crippen LogP contribution in [0.3, 0.4) is 0 Å². The van der Waals surface area contributed by atoms with Crippen molar-refractivity contribution in [1.29, 1.82) is 0 Å². The number of nitrogens with one attached hydrogen (secondary N) is 1. The monoisotopic (exact) mass is 383 g/mol. The van der Waals surface area contributed by atoms with E-state index in [1.54, 1.807) is 13.1 Å². The first-order valence-corrected chi connectivity index (χ1v) is 10.2. The molecule has 1 fully saturated rings. The Morgan fingerprint density at radius 1 is 1.23 bits per heavy atom. The second-order valence-electron chi connectivity index (χ2n) is 6.87. The van der Waals surface area contributed by atoms with Crippen molar-refractivity contribution < 1.29 is 17.6 Å². The quantitative estimate of drug-likeness (QED) is 0.792. The molecule has 0 amide bonds. The van der Waals surface area contributed by atoms with Gasteiger partial charge in [-0.05, 0) is 18.1 Å². The minimum atomic E-state index is -3.70. The summed E-state index contributed by atoms with van der Waals surface area (Å²) < 4.78 is 39.9. The molecule has 2 heterocycles. The van der Waals surface area contributed by atoms with Crippen molar-refractivity contribution in [3.05, 3.63) is 28.7 Å². The van der Waals surface area contributed by atoms with E-state index in [1.807, 2.05) is 0 Å². The van der Waals surface area contributed by atoms with Crippen molar-refractivity contribution in [3.63, 3.8) is 0 Å². The van der Waals surface area contributed by atoms with E-state index < -0.39 is 15.8 Å². The van der Waals surface area contributed by atoms with Crippen LogP contribution in [0.5, 0.6) is 0 Å². The van der Waals surface area contributed by atoms with E-state index in [4.69, 9.17) is 9.15 Å². The van der Waals surface area contributed by atoms with Crippen molar-refractivity contribution in [2.75, 3.05) is 32.8 Å². The number of sulfonamides is 1. The zero-order chi connectivity index (χ0) is 18.9. The lowest BCUT2D eigenvalue weighted by Gasteiger charge is -2.36. The highest BCUT2D eigenvalue weighted by molar-refractivity contribution is 7.89. The van der Waals surface area contributed by atoms with Crippen LogP contribution in [0.1, 0.15) is 13.8 Å². The summed E-state index contributed by atoms with van der Waals surface area (Å²) in [7, 11) is -2.12. The smallest absolute Gasteiger partial charge is 0.408 e. The SMILES string of the molecule is CC(C)C(CNS(=O)(=O)c1ccc2c(c1)oc(=O)n2C)N1CCOCC1. The molecule has 1 N–H and O–H groups in total. The molecule has 9 heteroatoms. The molecule has 1 aromatic carbocycles. The number of aromatic nitrogens is 1. The maximum absolute atomic E-state index is 12.7. The van der Waals surface area contributed by atoms with Crippen LogP contribution in [0.4, 0.5) is 0 Å². The summed E-state index contributed by atoms with van der Waals surface area (Å²) in [4.78, 5) is 13.9. The van der Waals surface area contributed by atoms with Crippen molar-refractivity contribution >= 4 is 21.1 Å². The largest absolute Gasteiger partial charge is 0.419 e. The molecule has 1 aromatic heterocycles. The van der Waals surface area contributed by atoms with E-state index in [-0.39, 0.29) is 16.5 Å². The first kappa shape index (κ1) is 19.1. The van der Waals surface area contributed by atoms with Gasteiger partial charge < -0.3 is 9.15 Å². The van der Waals surface area contributed by atoms with Crippen molar-refractivity contribution in [3.8, 4) is 0 Å². The number of fused-ring (bicyclic) bond motifs is 1. The van der Waals surface area contributed by atoms with Gasteiger partial charge in [0.05, 0.1) is 23.6 Å². The molecule has 0 radical (unpaired) electrons. The van der Waals surface area contributed by atoms with E-state index in [9.17, 15) is 13.2 Å². The molecule has 0 spiro atoms. The Morgan fingerprint density at radius 3 is 2.58 bits per heavy atom. The standard InChI is InChI=1S/C17H25N3O5S/c1-12(2)15(20-6-8-24-9-7-20)11-18-26(22,23)13-4-5-14-16(10-13)25-17(21)19(14)3/h4-5,10,12,15,18H,6-9,11H2,1-3H3. The third kappa shape index (κ3) is 3.85. The minimum Gasteiger partial charge on any atom is -0.408 e. The average Bonchev–Trinajstić information content (AvgIpc) is 2.89. The molecule has 26 heavy (non-hydrogen) atoms. The topological polar surface area (TPSA) is 93.8 Å². The summed E-state index contributed by atoms with van der Waals surface area (Å²) >= 11 is 0. The maximum atomic E-state index is 12.7. The second-order valence-corrected chi connectivity index (χ2v) is 8.64. The van der Waals surface area contributed by atoms with Gasteiger partial charge in [0.15, 0.2) is 5.58 Å². The Bertz CT molecular complexity index is 926. The number of oxazole rings is 1. The van der Waals surface area contributed by atoms with E-state index in [0.717, 1.165) is 13.1 Å². The van der Waals surface area contributed by atoms with Gasteiger partial charge in [0, 0.05) is 38.8 Å². The van der Waals surface area contributed by atoms with Crippen molar-refractivity contribution in [2.45, 2.75) is 24.8 Å². The van der Waals surface area contributed by atoms with Crippen LogP contribution in [-0.2, 0) is 21.8 Å². The Kier molecular flexibility index (Phi) is 5.52. The predicted molar refractivity (Wildman–Crippen MR) is 97.7 cm³/mol. The van der Waals surface area contributed by atoms with Gasteiger partial charge in [-0.1, -0.05) is 13.8 Å². The minimum absolute atomic E-state index is 0.0869. The molecule has 1 atom stereocenters. The molecule has 1 unspecified atom stereocenters. The Labute approximate surface area is 152 Å². The lowest BCUT2D eigenvalue weighted by molar-refractivity contribution is 0.00776. The summed E-state index contributed by atoms with van der Waals surface area (Å²) in [6, 6.07) is 4.54. The van der Waals surface area contributed by atoms with Gasteiger partial charge in [0.2, 0.25) is 10.0 Å². The summed E-state index contributed by atoms with van der Waals surface area (Å²) in [6.45, 7) is 7.41. The number of aryl methyl sites for hydroxylation is 1. The number of nitrogens with zero attached hydrogens (tertiary/aromatic N) is 2. The van der Waals surface area contributed by atoms with E-state index in [2.05, 4.69) is 23.5 Å². The van der Waals surface area contributed by atoms with Gasteiger partial charge in [-0.15, -0.1) is 0 Å². The van der Waals surface area contributed by atoms with Crippen LogP contribution in [0.2, 0.25) is 0 Å². The molecule has 8 nitrogen and oxygen atoms in total. The highest BCUT2D eigenvalue weighted by atomic mass is 32.2. The molecule has 2 aromatic rings. The van der Waals surface area contributed by atoms with Gasteiger partial charge in [-0.3, -0.25) is 9.47 Å². The van der Waals surface area contributed by atoms with Gasteiger partial charge in [-0.2, -0.15) is 0 Å². The zero-order valence-corrected chi connectivity index (χ0v) is 16.1. The van der Waals surface area contributed by atoms with Crippen LogP contribution >= 0.6 is 0 Å². The molecule has 1 saturated heterocycles. The Balaban J connectivity index is 1.78. The maximum Gasteiger partial charge on any atom is 0.419 e. The fraction of sp³-hybridized carbons (Fsp3) is 0.588. The normalized spacial score (nSPS) is 17.8. The van der Waals surface area contributed by atoms with Crippen molar-refractivity contribution in [1.82, 2.24) is 14.2 Å². The third-order valence-electron chi connectivity index (χ3n) is 4.84. The average molecular weight is 383 g/mol. The highest BCUT2D eigenvalue weighted by Crippen LogP contribution is 2.19. The molecular weight excluding hydrogens is 358 g/mol. The Morgan fingerprint density at radius 2 is 1.92 bits per heavy atom. The number of morpholine rings is 1. The van der Waals surface area contributed by atoms with E-state index in [1.165, 1.54) is 16.7 Å². The lowest BCUT2D eigenvalue weighted by Crippen LogP contribution is -2.51. The molecule has 144 valence electrons. The van der Waals surface area contributed by atoms with Gasteiger partial charge in [0.1, 0.15) is 0 Å². The van der Waals surface area contributed by atoms with Gasteiger partial charge in [0.25, 0.3) is 0 Å². The van der Waals surface area contributed by atoms with E-state index in [0.29, 0.717) is 31.2 Å². The van der Waals surface area contributed by atoms with Gasteiger partial charge >= 0.3 is 5.76 Å². The number of ether oxygens (including phenoxy) is 1. The van der Waals surface area contributed by atoms with Crippen LogP contribution in [-0.4, -0.2) is 56.8 Å². The lowest BCUT2D eigenvalue weighted by atomic mass is 10.0. The molecule has 0 aliphatic carbocycles. The van der Waals surface area contributed by atoms with Crippen LogP contribution in [0, 0.1) is 5.92 Å². The summed E-state index contributed by atoms with van der Waals surface area (Å²) in [5.41, 5.74) is 0.816. The van der Waals surface area contributed by atoms with Gasteiger partial charge in [-0.25, -0.2) is 17.9 Å². The Hall–Kier alpha value is -1.68. The third-order valence-corrected chi connectivity index (χ3v) is 6.26. The number of hydrogen-bond acceptors (Lipinski definition) is 6.